The lowest BCUT2D eigenvalue weighted by Gasteiger charge is -2.35. The molecule has 1 aliphatic heterocycles. The number of fused-ring (bicyclic) bond motifs is 1. The molecule has 0 saturated heterocycles. The molecule has 1 N–H and O–H groups in total. The Labute approximate surface area is 161 Å². The van der Waals surface area contributed by atoms with Gasteiger partial charge in [0.1, 0.15) is 11.4 Å². The second kappa shape index (κ2) is 7.55. The van der Waals surface area contributed by atoms with Crippen molar-refractivity contribution in [2.45, 2.75) is 6.10 Å². The smallest absolute Gasteiger partial charge is 0.293 e. The summed E-state index contributed by atoms with van der Waals surface area (Å²) in [7, 11) is 4.79. The van der Waals surface area contributed by atoms with Crippen LogP contribution in [0.4, 0.5) is 17.1 Å². The number of likely N-dealkylation sites (N-methyl/N-ethyl adjacent to an activating group) is 1. The Bertz CT molecular complexity index is 944. The predicted octanol–water partition coefficient (Wildman–Crippen LogP) is 2.13. The maximum absolute atomic E-state index is 13.2. The molecule has 1 atom stereocenters. The first kappa shape index (κ1) is 19.2. The number of hydrogen-bond donors (Lipinski definition) is 1. The number of rotatable bonds is 4. The minimum atomic E-state index is -0.861. The third kappa shape index (κ3) is 3.46. The molecule has 2 aromatic carbocycles. The van der Waals surface area contributed by atoms with E-state index in [-0.39, 0.29) is 23.7 Å². The Morgan fingerprint density at radius 1 is 1.25 bits per heavy atom. The lowest BCUT2D eigenvalue weighted by molar-refractivity contribution is -0.384. The van der Waals surface area contributed by atoms with Crippen LogP contribution in [0.3, 0.4) is 0 Å². The number of nitrogens with one attached hydrogen (secondary N) is 1. The average molecular weight is 384 g/mol. The van der Waals surface area contributed by atoms with E-state index in [1.807, 2.05) is 0 Å². The van der Waals surface area contributed by atoms with Crippen molar-refractivity contribution in [3.05, 3.63) is 58.1 Å². The van der Waals surface area contributed by atoms with Gasteiger partial charge in [-0.05, 0) is 24.3 Å². The molecule has 0 bridgehead atoms. The van der Waals surface area contributed by atoms with E-state index in [4.69, 9.17) is 4.74 Å². The monoisotopic (exact) mass is 384 g/mol. The minimum Gasteiger partial charge on any atom is -0.476 e. The number of ether oxygens (including phenoxy) is 1. The van der Waals surface area contributed by atoms with E-state index < -0.39 is 16.9 Å². The van der Waals surface area contributed by atoms with Crippen molar-refractivity contribution in [3.63, 3.8) is 0 Å². The predicted molar refractivity (Wildman–Crippen MR) is 104 cm³/mol. The van der Waals surface area contributed by atoms with Gasteiger partial charge in [0.15, 0.2) is 6.10 Å². The van der Waals surface area contributed by atoms with Gasteiger partial charge in [-0.2, -0.15) is 0 Å². The molecular weight excluding hydrogens is 364 g/mol. The molecule has 28 heavy (non-hydrogen) atoms. The maximum atomic E-state index is 13.2. The van der Waals surface area contributed by atoms with E-state index in [2.05, 4.69) is 5.32 Å². The number of anilines is 2. The number of carbonyl (C=O) groups excluding carboxylic acids is 2. The second-order valence-electron chi connectivity index (χ2n) is 6.46. The largest absolute Gasteiger partial charge is 0.476 e. The first-order valence-electron chi connectivity index (χ1n) is 8.58. The van der Waals surface area contributed by atoms with Crippen LogP contribution in [0.1, 0.15) is 10.4 Å². The van der Waals surface area contributed by atoms with Crippen molar-refractivity contribution in [1.82, 2.24) is 4.90 Å². The third-order valence-corrected chi connectivity index (χ3v) is 4.45. The zero-order chi connectivity index (χ0) is 20.4. The molecule has 0 aliphatic carbocycles. The molecular formula is C19H20N4O5. The minimum absolute atomic E-state index is 0.00837. The summed E-state index contributed by atoms with van der Waals surface area (Å²) in [6, 6.07) is 11.1. The number of para-hydroxylation sites is 2. The van der Waals surface area contributed by atoms with Crippen molar-refractivity contribution >= 4 is 28.9 Å². The maximum Gasteiger partial charge on any atom is 0.293 e. The molecule has 0 aromatic heterocycles. The van der Waals surface area contributed by atoms with Crippen LogP contribution in [0.2, 0.25) is 0 Å². The van der Waals surface area contributed by atoms with Crippen LogP contribution in [0.25, 0.3) is 0 Å². The van der Waals surface area contributed by atoms with Gasteiger partial charge in [-0.15, -0.1) is 0 Å². The summed E-state index contributed by atoms with van der Waals surface area (Å²) < 4.78 is 5.77. The Balaban J connectivity index is 2.01. The zero-order valence-corrected chi connectivity index (χ0v) is 15.7. The molecule has 0 unspecified atom stereocenters. The summed E-state index contributed by atoms with van der Waals surface area (Å²) in [6.45, 7) is 0.00837. The quantitative estimate of drug-likeness (QED) is 0.640. The number of hydrogen-bond acceptors (Lipinski definition) is 6. The zero-order valence-electron chi connectivity index (χ0n) is 15.7. The van der Waals surface area contributed by atoms with Gasteiger partial charge >= 0.3 is 0 Å². The molecule has 1 heterocycles. The molecule has 0 fully saturated rings. The van der Waals surface area contributed by atoms with Crippen LogP contribution >= 0.6 is 0 Å². The van der Waals surface area contributed by atoms with E-state index in [1.54, 1.807) is 45.4 Å². The average Bonchev–Trinajstić information content (AvgIpc) is 2.71. The molecule has 9 nitrogen and oxygen atoms in total. The topological polar surface area (TPSA) is 105 Å². The summed E-state index contributed by atoms with van der Waals surface area (Å²) in [5.41, 5.74) is 0.773. The lowest BCUT2D eigenvalue weighted by Crippen LogP contribution is -2.50. The summed E-state index contributed by atoms with van der Waals surface area (Å²) in [4.78, 5) is 39.2. The third-order valence-electron chi connectivity index (χ3n) is 4.45. The molecule has 2 amide bonds. The lowest BCUT2D eigenvalue weighted by atomic mass is 10.1. The SMILES string of the molecule is CNc1ccc(C(=O)N2C[C@@H](C(=O)N(C)C)Oc3ccccc32)cc1[N+](=O)[O-]. The Kier molecular flexibility index (Phi) is 5.16. The van der Waals surface area contributed by atoms with Crippen molar-refractivity contribution in [2.24, 2.45) is 0 Å². The van der Waals surface area contributed by atoms with E-state index in [0.717, 1.165) is 0 Å². The van der Waals surface area contributed by atoms with Crippen LogP contribution < -0.4 is 15.0 Å². The fourth-order valence-electron chi connectivity index (χ4n) is 3.03. The van der Waals surface area contributed by atoms with Gasteiger partial charge < -0.3 is 19.9 Å². The molecule has 0 saturated carbocycles. The molecule has 146 valence electrons. The fraction of sp³-hybridized carbons (Fsp3) is 0.263. The number of nitro groups is 1. The Morgan fingerprint density at radius 2 is 1.96 bits per heavy atom. The molecule has 0 spiro atoms. The van der Waals surface area contributed by atoms with Crippen molar-refractivity contribution in [2.75, 3.05) is 37.9 Å². The normalized spacial score (nSPS) is 15.2. The highest BCUT2D eigenvalue weighted by molar-refractivity contribution is 6.08. The van der Waals surface area contributed by atoms with E-state index in [0.29, 0.717) is 17.1 Å². The van der Waals surface area contributed by atoms with Crippen LogP contribution in [-0.2, 0) is 4.79 Å². The van der Waals surface area contributed by atoms with E-state index >= 15 is 0 Å². The summed E-state index contributed by atoms with van der Waals surface area (Å²) in [6.07, 6.45) is -0.861. The first-order valence-corrected chi connectivity index (χ1v) is 8.58. The Morgan fingerprint density at radius 3 is 2.61 bits per heavy atom. The standard InChI is InChI=1S/C19H20N4O5/c1-20-13-9-8-12(10-15(13)23(26)27)18(24)22-11-17(19(25)21(2)3)28-16-7-5-4-6-14(16)22/h4-10,17,20H,11H2,1-3H3/t17-/m0/s1. The van der Waals surface area contributed by atoms with E-state index in [1.165, 1.54) is 28.0 Å². The van der Waals surface area contributed by atoms with Crippen LogP contribution in [0.15, 0.2) is 42.5 Å². The summed E-state index contributed by atoms with van der Waals surface area (Å²) in [5.74, 6) is -0.314. The van der Waals surface area contributed by atoms with Gasteiger partial charge in [-0.3, -0.25) is 19.7 Å². The molecule has 2 aromatic rings. The van der Waals surface area contributed by atoms with Crippen molar-refractivity contribution in [1.29, 1.82) is 0 Å². The van der Waals surface area contributed by atoms with Gasteiger partial charge in [0.2, 0.25) is 0 Å². The molecule has 0 radical (unpaired) electrons. The van der Waals surface area contributed by atoms with Gasteiger partial charge in [0.05, 0.1) is 17.2 Å². The summed E-state index contributed by atoms with van der Waals surface area (Å²) >= 11 is 0. The highest BCUT2D eigenvalue weighted by Crippen LogP contribution is 2.35. The highest BCUT2D eigenvalue weighted by Gasteiger charge is 2.35. The second-order valence-corrected chi connectivity index (χ2v) is 6.46. The van der Waals surface area contributed by atoms with Crippen LogP contribution in [0.5, 0.6) is 5.75 Å². The summed E-state index contributed by atoms with van der Waals surface area (Å²) in [5, 5.41) is 14.1. The van der Waals surface area contributed by atoms with Gasteiger partial charge in [-0.25, -0.2) is 0 Å². The first-order chi connectivity index (χ1) is 13.3. The van der Waals surface area contributed by atoms with Gasteiger partial charge in [-0.1, -0.05) is 12.1 Å². The number of amides is 2. The molecule has 3 rings (SSSR count). The highest BCUT2D eigenvalue weighted by atomic mass is 16.6. The number of carbonyl (C=O) groups is 2. The van der Waals surface area contributed by atoms with Gasteiger partial charge in [0.25, 0.3) is 17.5 Å². The van der Waals surface area contributed by atoms with E-state index in [9.17, 15) is 19.7 Å². The van der Waals surface area contributed by atoms with Gasteiger partial charge in [0, 0.05) is 32.8 Å². The fourth-order valence-corrected chi connectivity index (χ4v) is 3.03. The molecule has 9 heteroatoms. The van der Waals surface area contributed by atoms with Crippen LogP contribution in [-0.4, -0.2) is 55.4 Å². The number of benzene rings is 2. The van der Waals surface area contributed by atoms with Crippen molar-refractivity contribution < 1.29 is 19.2 Å². The number of nitrogens with zero attached hydrogens (tertiary/aromatic N) is 3. The molecule has 1 aliphatic rings. The Hall–Kier alpha value is -3.62. The number of nitro benzene ring substituents is 1. The van der Waals surface area contributed by atoms with Crippen molar-refractivity contribution in [3.8, 4) is 5.75 Å². The van der Waals surface area contributed by atoms with Crippen LogP contribution in [0, 0.1) is 10.1 Å².